The van der Waals surface area contributed by atoms with E-state index in [0.717, 1.165) is 35.5 Å². The van der Waals surface area contributed by atoms with Gasteiger partial charge in [-0.15, -0.1) is 0 Å². The van der Waals surface area contributed by atoms with E-state index in [1.54, 1.807) is 11.1 Å². The first kappa shape index (κ1) is 44.3. The summed E-state index contributed by atoms with van der Waals surface area (Å²) >= 11 is 0. The Kier molecular flexibility index (Phi) is 8.06. The average Bonchev–Trinajstić information content (AvgIpc) is 1.81. The zero-order valence-corrected chi connectivity index (χ0v) is 46.7. The summed E-state index contributed by atoms with van der Waals surface area (Å²) in [5.74, 6) is 5.36. The van der Waals surface area contributed by atoms with Gasteiger partial charge in [0, 0.05) is 66.3 Å². The average molecular weight is 1070 g/mol. The van der Waals surface area contributed by atoms with Gasteiger partial charge in [0.15, 0.2) is 0 Å². The summed E-state index contributed by atoms with van der Waals surface area (Å²) in [6.07, 6.45) is 17.0. The molecule has 3 aromatic heterocycles. The summed E-state index contributed by atoms with van der Waals surface area (Å²) in [5, 5.41) is 10.7. The molecule has 0 atom stereocenters. The molecule has 8 fully saturated rings. The Morgan fingerprint density at radius 3 is 1.60 bits per heavy atom. The minimum absolute atomic E-state index is 0.0679. The second-order valence-electron chi connectivity index (χ2n) is 28.4. The van der Waals surface area contributed by atoms with Crippen LogP contribution in [0.3, 0.4) is 0 Å². The van der Waals surface area contributed by atoms with Gasteiger partial charge in [-0.1, -0.05) is 115 Å². The summed E-state index contributed by atoms with van der Waals surface area (Å²) in [4.78, 5) is 2.75. The van der Waals surface area contributed by atoms with Gasteiger partial charge >= 0.3 is 0 Å². The number of hydrogen-bond donors (Lipinski definition) is 0. The topological polar surface area (TPSA) is 18.0 Å². The number of benzene rings is 10. The summed E-state index contributed by atoms with van der Waals surface area (Å²) in [5.41, 5.74) is 26.1. The van der Waals surface area contributed by atoms with Crippen molar-refractivity contribution in [3.63, 3.8) is 0 Å². The second-order valence-corrected chi connectivity index (χ2v) is 28.4. The number of rotatable bonds is 5. The van der Waals surface area contributed by atoms with E-state index in [4.69, 9.17) is 0 Å². The van der Waals surface area contributed by atoms with Crippen LogP contribution in [0, 0.1) is 35.5 Å². The predicted octanol–water partition coefficient (Wildman–Crippen LogP) is 17.7. The Bertz CT molecular complexity index is 5050. The highest BCUT2D eigenvalue weighted by molar-refractivity contribution is 7.00. The Balaban J connectivity index is 0.853. The summed E-state index contributed by atoms with van der Waals surface area (Å²) < 4.78 is 7.89. The molecule has 0 radical (unpaired) electrons. The molecule has 8 saturated carbocycles. The Labute approximate surface area is 483 Å². The normalized spacial score (nSPS) is 26.3. The number of anilines is 3. The lowest BCUT2D eigenvalue weighted by Gasteiger charge is -2.57. The van der Waals surface area contributed by atoms with Gasteiger partial charge in [0.1, 0.15) is 0 Å². The molecule has 2 aliphatic heterocycles. The summed E-state index contributed by atoms with van der Waals surface area (Å²) in [7, 11) is 0. The number of nitrogens with zero attached hydrogens (tertiary/aromatic N) is 4. The van der Waals surface area contributed by atoms with Gasteiger partial charge < -0.3 is 18.6 Å². The van der Waals surface area contributed by atoms with Crippen molar-refractivity contribution in [2.45, 2.75) is 87.9 Å². The van der Waals surface area contributed by atoms with E-state index in [1.807, 2.05) is 0 Å². The summed E-state index contributed by atoms with van der Waals surface area (Å²) in [6.45, 7) is 0.0679. The zero-order chi connectivity index (χ0) is 53.3. The van der Waals surface area contributed by atoms with Crippen LogP contribution in [0.1, 0.15) is 88.2 Å². The number of aromatic nitrogens is 3. The number of para-hydroxylation sites is 3. The van der Waals surface area contributed by atoms with Gasteiger partial charge in [0.25, 0.3) is 6.71 Å². The van der Waals surface area contributed by atoms with E-state index >= 15 is 0 Å². The molecule has 8 bridgehead atoms. The third-order valence-electron chi connectivity index (χ3n) is 24.2. The Hall–Kier alpha value is -8.28. The fourth-order valence-corrected chi connectivity index (χ4v) is 22.1. The molecule has 13 aromatic rings. The maximum Gasteiger partial charge on any atom is 0.252 e. The van der Waals surface area contributed by atoms with Crippen LogP contribution in [0.15, 0.2) is 188 Å². The highest BCUT2D eigenvalue weighted by Gasteiger charge is 2.54. The van der Waals surface area contributed by atoms with E-state index in [-0.39, 0.29) is 12.1 Å². The molecule has 83 heavy (non-hydrogen) atoms. The van der Waals surface area contributed by atoms with Crippen LogP contribution in [-0.2, 0) is 10.8 Å². The molecule has 0 amide bonds. The molecule has 396 valence electrons. The molecule has 11 aliphatic rings. The maximum atomic E-state index is 2.79. The Morgan fingerprint density at radius 2 is 0.880 bits per heavy atom. The van der Waals surface area contributed by atoms with Crippen LogP contribution < -0.4 is 21.3 Å². The second kappa shape index (κ2) is 15.1. The standard InChI is InChI=1S/C78H61BN4/c1-2-10-53(11-3-1)81-64-18-8-14-58-57-13-6-9-50-19-25-65-72(70(50)57)74-67(28-27-66(81)73(74)71(58)64)82(65)55-36-68-75-69(37-55)83-62-17-5-4-12-56(62)59-15-7-16-60(76(59)83)79(75)61-35-52(78-41-47-32-48(42-78)34-49(33-47)43-78)22-26-63(61)80(68)54-23-20-51(21-24-54)77-38-44-29-45(39-77)31-46(30-44)40-77/h1-28,35-37,44-49H,29-34,38-43H2. The molecule has 5 heteroatoms. The molecule has 9 aliphatic carbocycles. The van der Waals surface area contributed by atoms with Gasteiger partial charge in [-0.2, -0.15) is 0 Å². The Morgan fingerprint density at radius 1 is 0.337 bits per heavy atom. The van der Waals surface area contributed by atoms with Crippen molar-refractivity contribution in [3.05, 3.63) is 199 Å². The van der Waals surface area contributed by atoms with Crippen LogP contribution in [0.4, 0.5) is 17.1 Å². The number of hydrogen-bond acceptors (Lipinski definition) is 1. The van der Waals surface area contributed by atoms with Crippen molar-refractivity contribution < 1.29 is 0 Å². The van der Waals surface area contributed by atoms with Crippen molar-refractivity contribution in [2.75, 3.05) is 4.90 Å². The molecule has 5 heterocycles. The molecule has 0 spiro atoms. The first-order valence-electron chi connectivity index (χ1n) is 31.8. The van der Waals surface area contributed by atoms with E-state index in [2.05, 4.69) is 207 Å². The minimum atomic E-state index is 0.0679. The van der Waals surface area contributed by atoms with E-state index in [9.17, 15) is 0 Å². The fourth-order valence-electron chi connectivity index (χ4n) is 22.1. The van der Waals surface area contributed by atoms with Gasteiger partial charge in [-0.3, -0.25) is 0 Å². The fraction of sp³-hybridized carbons (Fsp3) is 0.256. The first-order valence-corrected chi connectivity index (χ1v) is 31.8. The molecule has 24 rings (SSSR count). The minimum Gasteiger partial charge on any atom is -0.311 e. The van der Waals surface area contributed by atoms with Crippen molar-refractivity contribution in [1.82, 2.24) is 13.7 Å². The van der Waals surface area contributed by atoms with E-state index in [0.29, 0.717) is 5.41 Å². The monoisotopic (exact) mass is 1060 g/mol. The summed E-state index contributed by atoms with van der Waals surface area (Å²) in [6, 6.07) is 75.0. The molecule has 0 saturated heterocycles. The van der Waals surface area contributed by atoms with Crippen LogP contribution in [0.25, 0.3) is 104 Å². The van der Waals surface area contributed by atoms with Crippen molar-refractivity contribution >= 4 is 116 Å². The van der Waals surface area contributed by atoms with Crippen LogP contribution >= 0.6 is 0 Å². The predicted molar refractivity (Wildman–Crippen MR) is 345 cm³/mol. The van der Waals surface area contributed by atoms with Gasteiger partial charge in [0.05, 0.1) is 33.3 Å². The van der Waals surface area contributed by atoms with Crippen molar-refractivity contribution in [3.8, 4) is 28.2 Å². The van der Waals surface area contributed by atoms with Crippen LogP contribution in [0.5, 0.6) is 0 Å². The molecular formula is C78H61BN4. The lowest BCUT2D eigenvalue weighted by Crippen LogP contribution is -2.61. The lowest BCUT2D eigenvalue weighted by molar-refractivity contribution is -0.00528. The SMILES string of the molecule is c1ccc(-n2c3cccc4c3c3c5c6c7c-4cccc7ccc6n(-c4cc6c7c(c4)-n4c8ccccc8c8cccc(c84)B7c4cc(C78CC9CC(CC(C9)C7)C8)ccc4N6c4ccc(C67CC8CC(CC(C8)C6)C7)cc4)c5ccc32)cc1. The van der Waals surface area contributed by atoms with E-state index < -0.39 is 0 Å². The zero-order valence-electron chi connectivity index (χ0n) is 46.7. The smallest absolute Gasteiger partial charge is 0.252 e. The molecule has 4 nitrogen and oxygen atoms in total. The van der Waals surface area contributed by atoms with Gasteiger partial charge in [-0.05, 0) is 246 Å². The maximum absolute atomic E-state index is 2.79. The van der Waals surface area contributed by atoms with E-state index in [1.165, 1.54) is 215 Å². The van der Waals surface area contributed by atoms with Gasteiger partial charge in [0.2, 0.25) is 0 Å². The number of fused-ring (bicyclic) bond motifs is 8. The molecule has 0 unspecified atom stereocenters. The third kappa shape index (κ3) is 5.45. The third-order valence-corrected chi connectivity index (χ3v) is 24.2. The lowest BCUT2D eigenvalue weighted by atomic mass is 9.33. The first-order chi connectivity index (χ1) is 41.0. The molecular weight excluding hydrogens is 1000 g/mol. The highest BCUT2D eigenvalue weighted by Crippen LogP contribution is 2.63. The van der Waals surface area contributed by atoms with Crippen LogP contribution in [0.2, 0.25) is 0 Å². The van der Waals surface area contributed by atoms with Crippen LogP contribution in [-0.4, -0.2) is 20.4 Å². The largest absolute Gasteiger partial charge is 0.311 e. The highest BCUT2D eigenvalue weighted by atomic mass is 15.2. The van der Waals surface area contributed by atoms with Crippen molar-refractivity contribution in [2.24, 2.45) is 35.5 Å². The van der Waals surface area contributed by atoms with Crippen molar-refractivity contribution in [1.29, 1.82) is 0 Å². The molecule has 10 aromatic carbocycles. The molecule has 0 N–H and O–H groups in total. The van der Waals surface area contributed by atoms with Gasteiger partial charge in [-0.25, -0.2) is 0 Å². The quantitative estimate of drug-likeness (QED) is 0.157.